The summed E-state index contributed by atoms with van der Waals surface area (Å²) in [6.45, 7) is 1.56. The first kappa shape index (κ1) is 20.6. The highest BCUT2D eigenvalue weighted by molar-refractivity contribution is 7.89. The Kier molecular flexibility index (Phi) is 6.67. The Morgan fingerprint density at radius 3 is 2.37 bits per heavy atom. The zero-order chi connectivity index (χ0) is 20.0. The maximum Gasteiger partial charge on any atom is 0.251 e. The average molecular weight is 391 g/mol. The third-order valence-corrected chi connectivity index (χ3v) is 5.10. The van der Waals surface area contributed by atoms with Gasteiger partial charge in [0, 0.05) is 24.2 Å². The molecule has 2 amide bonds. The normalized spacial score (nSPS) is 12.4. The second kappa shape index (κ2) is 8.76. The number of aliphatic hydroxyl groups is 1. The van der Waals surface area contributed by atoms with E-state index in [0.717, 1.165) is 0 Å². The van der Waals surface area contributed by atoms with Crippen LogP contribution in [-0.2, 0) is 16.6 Å². The van der Waals surface area contributed by atoms with Gasteiger partial charge in [0.05, 0.1) is 11.0 Å². The van der Waals surface area contributed by atoms with Crippen molar-refractivity contribution in [2.75, 3.05) is 6.54 Å². The van der Waals surface area contributed by atoms with Gasteiger partial charge >= 0.3 is 0 Å². The Morgan fingerprint density at radius 1 is 1.11 bits per heavy atom. The lowest BCUT2D eigenvalue weighted by Crippen LogP contribution is -2.30. The van der Waals surface area contributed by atoms with Crippen molar-refractivity contribution in [3.63, 3.8) is 0 Å². The summed E-state index contributed by atoms with van der Waals surface area (Å²) >= 11 is 0. The number of carbonyl (C=O) groups is 2. The van der Waals surface area contributed by atoms with Crippen LogP contribution in [0.5, 0.6) is 0 Å². The molecule has 0 heterocycles. The Morgan fingerprint density at radius 2 is 1.78 bits per heavy atom. The molecular weight excluding hydrogens is 370 g/mol. The summed E-state index contributed by atoms with van der Waals surface area (Å²) in [6, 6.07) is 12.0. The molecular formula is C18H21N3O5S. The molecule has 1 atom stereocenters. The van der Waals surface area contributed by atoms with Gasteiger partial charge in [-0.3, -0.25) is 9.59 Å². The van der Waals surface area contributed by atoms with E-state index >= 15 is 0 Å². The van der Waals surface area contributed by atoms with E-state index in [0.29, 0.717) is 11.1 Å². The van der Waals surface area contributed by atoms with E-state index in [9.17, 15) is 23.1 Å². The zero-order valence-electron chi connectivity index (χ0n) is 14.7. The lowest BCUT2D eigenvalue weighted by molar-refractivity contribution is 0.0950. The number of sulfonamides is 1. The van der Waals surface area contributed by atoms with Crippen molar-refractivity contribution in [3.8, 4) is 0 Å². The molecule has 0 aromatic heterocycles. The highest BCUT2D eigenvalue weighted by Crippen LogP contribution is 2.11. The van der Waals surface area contributed by atoms with E-state index in [-0.39, 0.29) is 29.5 Å². The summed E-state index contributed by atoms with van der Waals surface area (Å²) in [6.07, 6.45) is -0.808. The van der Waals surface area contributed by atoms with Crippen molar-refractivity contribution in [1.82, 2.24) is 10.0 Å². The third-order valence-electron chi connectivity index (χ3n) is 3.66. The van der Waals surface area contributed by atoms with Crippen LogP contribution >= 0.6 is 0 Å². The zero-order valence-corrected chi connectivity index (χ0v) is 15.5. The van der Waals surface area contributed by atoms with Crippen molar-refractivity contribution in [2.24, 2.45) is 5.73 Å². The second-order valence-electron chi connectivity index (χ2n) is 5.97. The lowest BCUT2D eigenvalue weighted by atomic mass is 10.1. The fraction of sp³-hybridized carbons (Fsp3) is 0.222. The molecule has 2 rings (SSSR count). The molecule has 0 radical (unpaired) electrons. The molecule has 0 bridgehead atoms. The fourth-order valence-corrected chi connectivity index (χ4v) is 3.34. The fourth-order valence-electron chi connectivity index (χ4n) is 2.22. The number of benzene rings is 2. The first-order valence-electron chi connectivity index (χ1n) is 8.14. The minimum atomic E-state index is -3.75. The molecule has 0 aliphatic heterocycles. The summed E-state index contributed by atoms with van der Waals surface area (Å²) in [5.41, 5.74) is 6.57. The Hall–Kier alpha value is -2.75. The largest absolute Gasteiger partial charge is 0.392 e. The second-order valence-corrected chi connectivity index (χ2v) is 7.74. The van der Waals surface area contributed by atoms with Gasteiger partial charge < -0.3 is 16.2 Å². The van der Waals surface area contributed by atoms with Crippen LogP contribution in [0.25, 0.3) is 0 Å². The number of hydrogen-bond acceptors (Lipinski definition) is 5. The molecule has 8 nitrogen and oxygen atoms in total. The van der Waals surface area contributed by atoms with E-state index < -0.39 is 22.0 Å². The maximum atomic E-state index is 12.2. The predicted octanol–water partition coefficient (Wildman–Crippen LogP) is 0.375. The predicted molar refractivity (Wildman–Crippen MR) is 99.4 cm³/mol. The van der Waals surface area contributed by atoms with Gasteiger partial charge in [-0.05, 0) is 48.9 Å². The first-order valence-corrected chi connectivity index (χ1v) is 9.62. The van der Waals surface area contributed by atoms with E-state index in [4.69, 9.17) is 5.73 Å². The standard InChI is InChI=1S/C18H21N3O5S/c1-12(22)10-21-27(25,26)16-7-5-14(6-8-16)18(24)20-11-13-3-2-4-15(9-13)17(19)23/h2-9,12,21-22H,10-11H2,1H3,(H2,19,23)(H,20,24). The highest BCUT2D eigenvalue weighted by Gasteiger charge is 2.15. The molecule has 5 N–H and O–H groups in total. The van der Waals surface area contributed by atoms with E-state index in [1.807, 2.05) is 0 Å². The molecule has 0 aliphatic carbocycles. The number of aliphatic hydroxyl groups excluding tert-OH is 1. The molecule has 9 heteroatoms. The number of carbonyl (C=O) groups excluding carboxylic acids is 2. The van der Waals surface area contributed by atoms with Gasteiger partial charge in [0.1, 0.15) is 0 Å². The van der Waals surface area contributed by atoms with Crippen LogP contribution in [0.1, 0.15) is 33.2 Å². The van der Waals surface area contributed by atoms with Gasteiger partial charge in [0.25, 0.3) is 5.91 Å². The van der Waals surface area contributed by atoms with Crippen LogP contribution in [0.15, 0.2) is 53.4 Å². The topological polar surface area (TPSA) is 139 Å². The van der Waals surface area contributed by atoms with Crippen LogP contribution in [0.3, 0.4) is 0 Å². The number of hydrogen-bond donors (Lipinski definition) is 4. The molecule has 0 fully saturated rings. The summed E-state index contributed by atoms with van der Waals surface area (Å²) in [7, 11) is -3.75. The maximum absolute atomic E-state index is 12.2. The number of rotatable bonds is 8. The van der Waals surface area contributed by atoms with Gasteiger partial charge in [-0.1, -0.05) is 12.1 Å². The highest BCUT2D eigenvalue weighted by atomic mass is 32.2. The molecule has 1 unspecified atom stereocenters. The van der Waals surface area contributed by atoms with Gasteiger partial charge in [-0.2, -0.15) is 0 Å². The molecule has 2 aromatic carbocycles. The van der Waals surface area contributed by atoms with Crippen LogP contribution in [0, 0.1) is 0 Å². The van der Waals surface area contributed by atoms with E-state index in [1.54, 1.807) is 24.3 Å². The van der Waals surface area contributed by atoms with E-state index in [2.05, 4.69) is 10.0 Å². The summed E-state index contributed by atoms with van der Waals surface area (Å²) in [4.78, 5) is 23.4. The van der Waals surface area contributed by atoms with Crippen molar-refractivity contribution < 1.29 is 23.1 Å². The molecule has 0 saturated heterocycles. The lowest BCUT2D eigenvalue weighted by Gasteiger charge is -2.09. The van der Waals surface area contributed by atoms with E-state index in [1.165, 1.54) is 31.2 Å². The summed E-state index contributed by atoms with van der Waals surface area (Å²) < 4.78 is 26.4. The smallest absolute Gasteiger partial charge is 0.251 e. The Labute approximate surface area is 157 Å². The molecule has 0 spiro atoms. The van der Waals surface area contributed by atoms with Crippen LogP contribution in [0.2, 0.25) is 0 Å². The summed E-state index contributed by atoms with van der Waals surface area (Å²) in [5.74, 6) is -0.940. The van der Waals surface area contributed by atoms with Gasteiger partial charge in [0.2, 0.25) is 15.9 Å². The van der Waals surface area contributed by atoms with Gasteiger partial charge in [0.15, 0.2) is 0 Å². The van der Waals surface area contributed by atoms with Crippen LogP contribution < -0.4 is 15.8 Å². The monoisotopic (exact) mass is 391 g/mol. The minimum Gasteiger partial charge on any atom is -0.392 e. The molecule has 0 aliphatic rings. The minimum absolute atomic E-state index is 0.00569. The van der Waals surface area contributed by atoms with Gasteiger partial charge in [-0.15, -0.1) is 0 Å². The molecule has 27 heavy (non-hydrogen) atoms. The van der Waals surface area contributed by atoms with Crippen molar-refractivity contribution in [3.05, 3.63) is 65.2 Å². The summed E-state index contributed by atoms with van der Waals surface area (Å²) in [5, 5.41) is 11.9. The van der Waals surface area contributed by atoms with Crippen molar-refractivity contribution >= 4 is 21.8 Å². The van der Waals surface area contributed by atoms with Crippen LogP contribution in [0.4, 0.5) is 0 Å². The third kappa shape index (κ3) is 5.88. The number of nitrogens with two attached hydrogens (primary N) is 1. The number of amides is 2. The van der Waals surface area contributed by atoms with Crippen molar-refractivity contribution in [2.45, 2.75) is 24.5 Å². The van der Waals surface area contributed by atoms with Crippen LogP contribution in [-0.4, -0.2) is 38.0 Å². The van der Waals surface area contributed by atoms with Crippen molar-refractivity contribution in [1.29, 1.82) is 0 Å². The molecule has 0 saturated carbocycles. The van der Waals surface area contributed by atoms with Gasteiger partial charge in [-0.25, -0.2) is 13.1 Å². The Bertz CT molecular complexity index is 924. The average Bonchev–Trinajstić information content (AvgIpc) is 2.65. The quantitative estimate of drug-likeness (QED) is 0.515. The first-order chi connectivity index (χ1) is 12.7. The number of nitrogens with one attached hydrogen (secondary N) is 2. The Balaban J connectivity index is 2.01. The molecule has 2 aromatic rings. The SMILES string of the molecule is CC(O)CNS(=O)(=O)c1ccc(C(=O)NCc2cccc(C(N)=O)c2)cc1. The number of primary amides is 1. The molecule has 144 valence electrons.